The zero-order chi connectivity index (χ0) is 21.1. The normalized spacial score (nSPS) is 29.2. The number of nitrogens with one attached hydrogen (secondary N) is 1. The number of likely N-dealkylation sites (tertiary alicyclic amines) is 2. The minimum Gasteiger partial charge on any atom is -0.452 e. The fraction of sp³-hybridized carbons (Fsp3) is 0.348. The summed E-state index contributed by atoms with van der Waals surface area (Å²) in [7, 11) is 1.25. The van der Waals surface area contributed by atoms with Crippen LogP contribution in [0.5, 0.6) is 0 Å². The molecule has 154 valence electrons. The molecule has 3 aliphatic heterocycles. The molecule has 30 heavy (non-hydrogen) atoms. The van der Waals surface area contributed by atoms with Crippen LogP contribution in [0.2, 0.25) is 0 Å². The van der Waals surface area contributed by atoms with Gasteiger partial charge in [0.15, 0.2) is 0 Å². The van der Waals surface area contributed by atoms with Crippen molar-refractivity contribution in [2.24, 2.45) is 5.92 Å². The Morgan fingerprint density at radius 3 is 2.53 bits per heavy atom. The van der Waals surface area contributed by atoms with Gasteiger partial charge in [-0.2, -0.15) is 0 Å². The second-order valence-electron chi connectivity index (χ2n) is 8.29. The predicted octanol–water partition coefficient (Wildman–Crippen LogP) is 2.72. The summed E-state index contributed by atoms with van der Waals surface area (Å²) in [6.45, 7) is 2.75. The van der Waals surface area contributed by atoms with E-state index in [9.17, 15) is 14.4 Å². The third kappa shape index (κ3) is 2.17. The van der Waals surface area contributed by atoms with Gasteiger partial charge < -0.3 is 15.0 Å². The lowest BCUT2D eigenvalue weighted by Crippen LogP contribution is -2.62. The molecule has 0 saturated carbocycles. The van der Waals surface area contributed by atoms with E-state index in [4.69, 9.17) is 4.74 Å². The number of benzene rings is 2. The average molecular weight is 405 g/mol. The monoisotopic (exact) mass is 405 g/mol. The SMILES string of the molecule is COC(=O)N1C(=O)[C@@H]2C(=O)N(Cc3ccccc3)CC[C@@]23c2ccccc2N[C@@]13C. The lowest BCUT2D eigenvalue weighted by molar-refractivity contribution is -0.147. The molecule has 3 atom stereocenters. The van der Waals surface area contributed by atoms with Crippen LogP contribution in [0.3, 0.4) is 0 Å². The zero-order valence-corrected chi connectivity index (χ0v) is 16.9. The van der Waals surface area contributed by atoms with Crippen LogP contribution in [-0.4, -0.2) is 47.0 Å². The molecule has 2 aromatic rings. The number of imide groups is 1. The number of methoxy groups -OCH3 is 1. The highest BCUT2D eigenvalue weighted by atomic mass is 16.5. The smallest absolute Gasteiger partial charge is 0.418 e. The van der Waals surface area contributed by atoms with E-state index in [0.717, 1.165) is 21.7 Å². The second kappa shape index (κ2) is 6.32. The third-order valence-corrected chi connectivity index (χ3v) is 6.97. The summed E-state index contributed by atoms with van der Waals surface area (Å²) in [5.74, 6) is -1.73. The van der Waals surface area contributed by atoms with Crippen LogP contribution in [-0.2, 0) is 26.3 Å². The largest absolute Gasteiger partial charge is 0.452 e. The number of amides is 3. The van der Waals surface area contributed by atoms with Crippen molar-refractivity contribution >= 4 is 23.6 Å². The number of hydrogen-bond acceptors (Lipinski definition) is 5. The Hall–Kier alpha value is -3.35. The van der Waals surface area contributed by atoms with E-state index in [-0.39, 0.29) is 5.91 Å². The van der Waals surface area contributed by atoms with Gasteiger partial charge in [-0.3, -0.25) is 9.59 Å². The van der Waals surface area contributed by atoms with Crippen LogP contribution in [0, 0.1) is 5.92 Å². The Balaban J connectivity index is 1.62. The number of hydrogen-bond donors (Lipinski definition) is 1. The molecule has 3 amide bonds. The Morgan fingerprint density at radius 2 is 1.80 bits per heavy atom. The minimum absolute atomic E-state index is 0.244. The summed E-state index contributed by atoms with van der Waals surface area (Å²) < 4.78 is 4.94. The third-order valence-electron chi connectivity index (χ3n) is 6.97. The molecule has 7 heteroatoms. The highest BCUT2D eigenvalue weighted by molar-refractivity contribution is 6.12. The molecule has 3 aliphatic rings. The first kappa shape index (κ1) is 18.7. The highest BCUT2D eigenvalue weighted by Crippen LogP contribution is 2.61. The highest BCUT2D eigenvalue weighted by Gasteiger charge is 2.75. The Bertz CT molecular complexity index is 1060. The maximum Gasteiger partial charge on any atom is 0.418 e. The van der Waals surface area contributed by atoms with Gasteiger partial charge in [0, 0.05) is 18.8 Å². The summed E-state index contributed by atoms with van der Waals surface area (Å²) in [5, 5.41) is 3.38. The average Bonchev–Trinajstić information content (AvgIpc) is 3.10. The number of anilines is 1. The van der Waals surface area contributed by atoms with Crippen molar-refractivity contribution in [3.05, 3.63) is 65.7 Å². The number of nitrogens with zero attached hydrogens (tertiary/aromatic N) is 2. The Kier molecular flexibility index (Phi) is 3.93. The summed E-state index contributed by atoms with van der Waals surface area (Å²) >= 11 is 0. The Labute approximate surface area is 174 Å². The summed E-state index contributed by atoms with van der Waals surface area (Å²) in [4.78, 5) is 42.7. The molecule has 7 nitrogen and oxygen atoms in total. The van der Waals surface area contributed by atoms with E-state index < -0.39 is 29.0 Å². The van der Waals surface area contributed by atoms with Gasteiger partial charge in [0.25, 0.3) is 0 Å². The molecule has 0 radical (unpaired) electrons. The summed E-state index contributed by atoms with van der Waals surface area (Å²) in [6.07, 6.45) is -0.185. The first-order valence-corrected chi connectivity index (χ1v) is 10.1. The van der Waals surface area contributed by atoms with Crippen LogP contribution in [0.25, 0.3) is 0 Å². The minimum atomic E-state index is -1.07. The van der Waals surface area contributed by atoms with Gasteiger partial charge in [0.2, 0.25) is 11.8 Å². The molecule has 0 bridgehead atoms. The van der Waals surface area contributed by atoms with Crippen molar-refractivity contribution in [1.29, 1.82) is 0 Å². The molecule has 0 unspecified atom stereocenters. The van der Waals surface area contributed by atoms with Crippen molar-refractivity contribution in [2.75, 3.05) is 19.0 Å². The first-order chi connectivity index (χ1) is 14.4. The Morgan fingerprint density at radius 1 is 1.10 bits per heavy atom. The predicted molar refractivity (Wildman–Crippen MR) is 109 cm³/mol. The number of fused-ring (bicyclic) bond motifs is 1. The number of rotatable bonds is 2. The number of piperidine rings is 1. The van der Waals surface area contributed by atoms with Gasteiger partial charge in [0.05, 0.1) is 12.5 Å². The quantitative estimate of drug-likeness (QED) is 0.778. The number of carbonyl (C=O) groups is 3. The topological polar surface area (TPSA) is 79.0 Å². The summed E-state index contributed by atoms with van der Waals surface area (Å²) in [5.41, 5.74) is 0.851. The van der Waals surface area contributed by atoms with E-state index in [2.05, 4.69) is 5.32 Å². The van der Waals surface area contributed by atoms with E-state index in [1.54, 1.807) is 4.90 Å². The maximum atomic E-state index is 13.7. The number of carbonyl (C=O) groups excluding carboxylic acids is 3. The second-order valence-corrected chi connectivity index (χ2v) is 8.29. The van der Waals surface area contributed by atoms with Crippen molar-refractivity contribution < 1.29 is 19.1 Å². The maximum absolute atomic E-state index is 13.7. The molecule has 1 spiro atoms. The van der Waals surface area contributed by atoms with Crippen LogP contribution in [0.4, 0.5) is 10.5 Å². The van der Waals surface area contributed by atoms with Gasteiger partial charge in [-0.1, -0.05) is 48.5 Å². The van der Waals surface area contributed by atoms with Crippen molar-refractivity contribution in [1.82, 2.24) is 9.80 Å². The van der Waals surface area contributed by atoms with Gasteiger partial charge in [-0.15, -0.1) is 0 Å². The van der Waals surface area contributed by atoms with Crippen molar-refractivity contribution in [3.8, 4) is 0 Å². The fourth-order valence-corrected chi connectivity index (χ4v) is 5.64. The van der Waals surface area contributed by atoms with Gasteiger partial charge in [0.1, 0.15) is 11.6 Å². The molecular formula is C23H23N3O4. The molecule has 2 aromatic carbocycles. The molecule has 2 saturated heterocycles. The van der Waals surface area contributed by atoms with Gasteiger partial charge in [-0.25, -0.2) is 9.69 Å². The van der Waals surface area contributed by atoms with E-state index in [1.807, 2.05) is 61.5 Å². The first-order valence-electron chi connectivity index (χ1n) is 10.1. The van der Waals surface area contributed by atoms with E-state index >= 15 is 0 Å². The molecule has 1 N–H and O–H groups in total. The molecule has 0 aromatic heterocycles. The van der Waals surface area contributed by atoms with Crippen LogP contribution < -0.4 is 5.32 Å². The number of para-hydroxylation sites is 1. The fourth-order valence-electron chi connectivity index (χ4n) is 5.64. The van der Waals surface area contributed by atoms with Crippen LogP contribution in [0.15, 0.2) is 54.6 Å². The van der Waals surface area contributed by atoms with E-state index in [0.29, 0.717) is 19.5 Å². The number of ether oxygens (including phenoxy) is 1. The lowest BCUT2D eigenvalue weighted by atomic mass is 9.63. The molecular weight excluding hydrogens is 382 g/mol. The van der Waals surface area contributed by atoms with Crippen LogP contribution in [0.1, 0.15) is 24.5 Å². The van der Waals surface area contributed by atoms with Crippen LogP contribution >= 0.6 is 0 Å². The molecule has 3 heterocycles. The van der Waals surface area contributed by atoms with E-state index in [1.165, 1.54) is 7.11 Å². The molecule has 0 aliphatic carbocycles. The van der Waals surface area contributed by atoms with Crippen molar-refractivity contribution in [3.63, 3.8) is 0 Å². The standard InChI is InChI=1S/C23H23N3O4/c1-22-23(16-10-6-7-11-17(16)24-22)12-13-25(14-15-8-4-3-5-9-15)19(27)18(23)20(28)26(22)21(29)30-2/h3-11,18,24H,12-14H2,1-2H3/t18-,22-,23+/m0/s1. The van der Waals surface area contributed by atoms with Crippen molar-refractivity contribution in [2.45, 2.75) is 31.0 Å². The van der Waals surface area contributed by atoms with Gasteiger partial charge >= 0.3 is 6.09 Å². The lowest BCUT2D eigenvalue weighted by Gasteiger charge is -2.46. The molecule has 2 fully saturated rings. The zero-order valence-electron chi connectivity index (χ0n) is 16.9. The summed E-state index contributed by atoms with van der Waals surface area (Å²) in [6, 6.07) is 17.4. The molecule has 5 rings (SSSR count). The van der Waals surface area contributed by atoms with Gasteiger partial charge in [-0.05, 0) is 30.5 Å².